The van der Waals surface area contributed by atoms with Crippen LogP contribution in [0.4, 0.5) is 0 Å². The molecule has 2 aromatic carbocycles. The van der Waals surface area contributed by atoms with Gasteiger partial charge in [-0.05, 0) is 40.3 Å². The van der Waals surface area contributed by atoms with Gasteiger partial charge in [0.2, 0.25) is 0 Å². The lowest BCUT2D eigenvalue weighted by Gasteiger charge is -1.97. The van der Waals surface area contributed by atoms with Crippen molar-refractivity contribution in [1.82, 2.24) is 5.27 Å². The first-order valence-electron chi connectivity index (χ1n) is 6.62. The molecule has 5 heteroatoms. The second-order valence-electron chi connectivity index (χ2n) is 4.51. The van der Waals surface area contributed by atoms with Gasteiger partial charge in [0.15, 0.2) is 0 Å². The van der Waals surface area contributed by atoms with Crippen LogP contribution in [0.5, 0.6) is 5.75 Å². The molecule has 3 aromatic rings. The molecule has 0 fully saturated rings. The Morgan fingerprint density at radius 1 is 1.09 bits per heavy atom. The van der Waals surface area contributed by atoms with Gasteiger partial charge in [0.05, 0.1) is 12.7 Å². The van der Waals surface area contributed by atoms with Crippen molar-refractivity contribution in [3.63, 3.8) is 0 Å². The van der Waals surface area contributed by atoms with Crippen LogP contribution in [0.3, 0.4) is 0 Å². The summed E-state index contributed by atoms with van der Waals surface area (Å²) in [6.45, 7) is 0. The van der Waals surface area contributed by atoms with Gasteiger partial charge in [-0.3, -0.25) is 4.52 Å². The molecular weight excluding hydrogens is 280 g/mol. The van der Waals surface area contributed by atoms with Gasteiger partial charge in [0, 0.05) is 11.6 Å². The lowest BCUT2D eigenvalue weighted by molar-refractivity contribution is -0.670. The standard InChI is InChI=1S/C17H12N2O3/c1-21-15-10-7-13(8-11-15)6-9-14-4-2-3-5-16(14)19-12-17(20)22-18-19/h2-5,7-8,10-12H,1H3/p+1. The molecule has 3 rings (SSSR count). The van der Waals surface area contributed by atoms with E-state index in [1.165, 1.54) is 10.9 Å². The van der Waals surface area contributed by atoms with Crippen molar-refractivity contribution in [3.05, 3.63) is 76.3 Å². The van der Waals surface area contributed by atoms with Crippen LogP contribution in [0.1, 0.15) is 11.1 Å². The molecule has 0 amide bonds. The van der Waals surface area contributed by atoms with Gasteiger partial charge in [-0.1, -0.05) is 24.0 Å². The van der Waals surface area contributed by atoms with Gasteiger partial charge in [0.25, 0.3) is 11.9 Å². The number of aromatic nitrogens is 2. The molecule has 108 valence electrons. The molecule has 0 radical (unpaired) electrons. The van der Waals surface area contributed by atoms with Crippen LogP contribution >= 0.6 is 0 Å². The molecule has 1 N–H and O–H groups in total. The normalized spacial score (nSPS) is 9.86. The fraction of sp³-hybridized carbons (Fsp3) is 0.0588. The van der Waals surface area contributed by atoms with Crippen LogP contribution in [0.25, 0.3) is 5.69 Å². The molecule has 0 unspecified atom stereocenters. The van der Waals surface area contributed by atoms with Crippen molar-refractivity contribution in [3.8, 4) is 23.3 Å². The smallest absolute Gasteiger partial charge is 0.427 e. The van der Waals surface area contributed by atoms with E-state index in [9.17, 15) is 4.79 Å². The zero-order valence-electron chi connectivity index (χ0n) is 11.9. The van der Waals surface area contributed by atoms with Crippen LogP contribution < -0.4 is 15.0 Å². The fourth-order valence-electron chi connectivity index (χ4n) is 1.97. The highest BCUT2D eigenvalue weighted by Gasteiger charge is 2.14. The van der Waals surface area contributed by atoms with Gasteiger partial charge in [-0.15, -0.1) is 0 Å². The average Bonchev–Trinajstić information content (AvgIpc) is 3.00. The minimum absolute atomic E-state index is 0.446. The third-order valence-electron chi connectivity index (χ3n) is 3.07. The van der Waals surface area contributed by atoms with E-state index < -0.39 is 5.63 Å². The molecule has 0 saturated heterocycles. The van der Waals surface area contributed by atoms with Crippen LogP contribution in [0.15, 0.2) is 64.0 Å². The molecule has 0 saturated carbocycles. The fourth-order valence-corrected chi connectivity index (χ4v) is 1.97. The first-order valence-corrected chi connectivity index (χ1v) is 6.62. The SMILES string of the molecule is COc1ccc(C#Cc2ccccc2-[n+]2cc(=O)o[nH]2)cc1. The maximum Gasteiger partial charge on any atom is 0.427 e. The highest BCUT2D eigenvalue weighted by Crippen LogP contribution is 2.11. The number of nitrogens with one attached hydrogen (secondary N) is 1. The summed E-state index contributed by atoms with van der Waals surface area (Å²) >= 11 is 0. The molecule has 0 bridgehead atoms. The molecule has 0 atom stereocenters. The van der Waals surface area contributed by atoms with Crippen LogP contribution in [-0.2, 0) is 0 Å². The summed E-state index contributed by atoms with van der Waals surface area (Å²) in [5.41, 5.74) is 1.95. The summed E-state index contributed by atoms with van der Waals surface area (Å²) in [7, 11) is 1.62. The topological polar surface area (TPSA) is 59.1 Å². The van der Waals surface area contributed by atoms with Crippen LogP contribution in [0.2, 0.25) is 0 Å². The van der Waals surface area contributed by atoms with Crippen molar-refractivity contribution in [2.45, 2.75) is 0 Å². The predicted molar refractivity (Wildman–Crippen MR) is 79.8 cm³/mol. The zero-order valence-corrected chi connectivity index (χ0v) is 11.9. The molecule has 22 heavy (non-hydrogen) atoms. The molecule has 0 aliphatic carbocycles. The summed E-state index contributed by atoms with van der Waals surface area (Å²) in [4.78, 5) is 11.1. The molecule has 1 aromatic heterocycles. The van der Waals surface area contributed by atoms with E-state index in [4.69, 9.17) is 4.74 Å². The monoisotopic (exact) mass is 293 g/mol. The number of methoxy groups -OCH3 is 1. The third-order valence-corrected chi connectivity index (χ3v) is 3.07. The van der Waals surface area contributed by atoms with E-state index in [1.807, 2.05) is 48.5 Å². The molecule has 5 nitrogen and oxygen atoms in total. The molecule has 0 aliphatic heterocycles. The zero-order chi connectivity index (χ0) is 15.4. The largest absolute Gasteiger partial charge is 0.497 e. The summed E-state index contributed by atoms with van der Waals surface area (Å²) < 4.78 is 11.3. The number of hydrogen-bond donors (Lipinski definition) is 1. The number of hydrogen-bond acceptors (Lipinski definition) is 3. The molecular formula is C17H13N2O3+. The predicted octanol–water partition coefficient (Wildman–Crippen LogP) is 1.65. The number of H-pyrrole nitrogens is 1. The van der Waals surface area contributed by atoms with Gasteiger partial charge in [0.1, 0.15) is 5.75 Å². The Balaban J connectivity index is 1.96. The van der Waals surface area contributed by atoms with Crippen LogP contribution in [-0.4, -0.2) is 12.4 Å². The van der Waals surface area contributed by atoms with E-state index in [0.29, 0.717) is 0 Å². The minimum Gasteiger partial charge on any atom is -0.497 e. The second kappa shape index (κ2) is 6.02. The molecule has 0 spiro atoms. The Kier molecular flexibility index (Phi) is 3.75. The Morgan fingerprint density at radius 2 is 1.86 bits per heavy atom. The number of nitrogens with zero attached hydrogens (tertiary/aromatic N) is 1. The molecule has 1 heterocycles. The second-order valence-corrected chi connectivity index (χ2v) is 4.51. The van der Waals surface area contributed by atoms with E-state index in [0.717, 1.165) is 22.6 Å². The van der Waals surface area contributed by atoms with Crippen molar-refractivity contribution in [2.24, 2.45) is 0 Å². The highest BCUT2D eigenvalue weighted by atomic mass is 16.5. The van der Waals surface area contributed by atoms with Crippen molar-refractivity contribution >= 4 is 0 Å². The number of aromatic amines is 1. The Morgan fingerprint density at radius 3 is 2.55 bits per heavy atom. The summed E-state index contributed by atoms with van der Waals surface area (Å²) in [5, 5.41) is 2.52. The van der Waals surface area contributed by atoms with Gasteiger partial charge in [-0.25, -0.2) is 4.79 Å². The average molecular weight is 293 g/mol. The van der Waals surface area contributed by atoms with Crippen molar-refractivity contribution < 1.29 is 13.9 Å². The lowest BCUT2D eigenvalue weighted by Crippen LogP contribution is -2.33. The Hall–Kier alpha value is -3.26. The Bertz CT molecular complexity index is 896. The number of rotatable bonds is 2. The van der Waals surface area contributed by atoms with E-state index in [1.54, 1.807) is 7.11 Å². The first kappa shape index (κ1) is 13.7. The van der Waals surface area contributed by atoms with E-state index >= 15 is 0 Å². The maximum atomic E-state index is 11.1. The van der Waals surface area contributed by atoms with Crippen LogP contribution in [0, 0.1) is 11.8 Å². The van der Waals surface area contributed by atoms with E-state index in [-0.39, 0.29) is 0 Å². The number of para-hydroxylation sites is 1. The Labute approximate surface area is 126 Å². The minimum atomic E-state index is -0.446. The third kappa shape index (κ3) is 2.91. The van der Waals surface area contributed by atoms with Gasteiger partial charge in [-0.2, -0.15) is 0 Å². The summed E-state index contributed by atoms with van der Waals surface area (Å²) in [6, 6.07) is 15.0. The summed E-state index contributed by atoms with van der Waals surface area (Å²) in [5.74, 6) is 6.98. The first-order chi connectivity index (χ1) is 10.8. The lowest BCUT2D eigenvalue weighted by atomic mass is 10.1. The quantitative estimate of drug-likeness (QED) is 0.577. The number of benzene rings is 2. The van der Waals surface area contributed by atoms with Gasteiger partial charge >= 0.3 is 5.63 Å². The van der Waals surface area contributed by atoms with E-state index in [2.05, 4.69) is 21.6 Å². The van der Waals surface area contributed by atoms with Gasteiger partial charge < -0.3 is 4.74 Å². The van der Waals surface area contributed by atoms with Crippen molar-refractivity contribution in [1.29, 1.82) is 0 Å². The maximum absolute atomic E-state index is 11.1. The summed E-state index contributed by atoms with van der Waals surface area (Å²) in [6.07, 6.45) is 1.33. The number of ether oxygens (including phenoxy) is 1. The molecule has 0 aliphatic rings. The highest BCUT2D eigenvalue weighted by molar-refractivity contribution is 5.50. The van der Waals surface area contributed by atoms with Crippen molar-refractivity contribution in [2.75, 3.05) is 7.11 Å².